The van der Waals surface area contributed by atoms with Gasteiger partial charge in [-0.1, -0.05) is 0 Å². The highest BCUT2D eigenvalue weighted by Crippen LogP contribution is 2.10. The van der Waals surface area contributed by atoms with Crippen LogP contribution in [-0.4, -0.2) is 38.5 Å². The Kier molecular flexibility index (Phi) is 4.28. The summed E-state index contributed by atoms with van der Waals surface area (Å²) in [5.41, 5.74) is 0. The molecule has 0 bridgehead atoms. The van der Waals surface area contributed by atoms with E-state index in [2.05, 4.69) is 9.22 Å². The van der Waals surface area contributed by atoms with Crippen LogP contribution in [-0.2, 0) is 19.3 Å². The molecule has 1 rings (SSSR count). The zero-order valence-electron chi connectivity index (χ0n) is 8.02. The molecule has 0 saturated carbocycles. The van der Waals surface area contributed by atoms with Gasteiger partial charge in [-0.3, -0.25) is 4.89 Å². The van der Waals surface area contributed by atoms with E-state index in [0.29, 0.717) is 13.1 Å². The lowest BCUT2D eigenvalue weighted by Gasteiger charge is -2.24. The maximum absolute atomic E-state index is 11.7. The smallest absolute Gasteiger partial charge is 0.306 e. The lowest BCUT2D eigenvalue weighted by molar-refractivity contribution is -0.149. The number of likely N-dealkylation sites (tertiary alicyclic amines) is 1. The van der Waals surface area contributed by atoms with E-state index in [9.17, 15) is 17.6 Å². The summed E-state index contributed by atoms with van der Waals surface area (Å²) in [6.45, 7) is 0.996. The van der Waals surface area contributed by atoms with E-state index >= 15 is 0 Å². The molecule has 0 radical (unpaired) electrons. The van der Waals surface area contributed by atoms with Gasteiger partial charge in [-0.2, -0.15) is 8.42 Å². The number of alkyl halides is 1. The van der Waals surface area contributed by atoms with Gasteiger partial charge in [-0.05, 0) is 23.6 Å². The summed E-state index contributed by atoms with van der Waals surface area (Å²) in [5.74, 6) is 0. The van der Waals surface area contributed by atoms with E-state index < -0.39 is 22.2 Å². The Morgan fingerprint density at radius 1 is 1.27 bits per heavy atom. The maximum Gasteiger partial charge on any atom is 0.442 e. The average molecular weight is 241 g/mol. The van der Waals surface area contributed by atoms with E-state index in [1.165, 1.54) is 4.90 Å². The Morgan fingerprint density at radius 3 is 2.40 bits per heavy atom. The predicted molar refractivity (Wildman–Crippen MR) is 47.9 cm³/mol. The normalized spacial score (nSPS) is 17.5. The fourth-order valence-corrected chi connectivity index (χ4v) is 1.43. The molecule has 1 amide bonds. The molecule has 0 spiro atoms. The number of rotatable bonds is 3. The van der Waals surface area contributed by atoms with Crippen LogP contribution in [0.2, 0.25) is 0 Å². The molecule has 1 aliphatic rings. The monoisotopic (exact) mass is 241 g/mol. The molecule has 1 aliphatic heterocycles. The highest BCUT2D eigenvalue weighted by atomic mass is 32.2. The van der Waals surface area contributed by atoms with Crippen LogP contribution in [0.3, 0.4) is 0 Å². The molecule has 8 heteroatoms. The molecule has 1 heterocycles. The molecule has 0 unspecified atom stereocenters. The molecule has 1 fully saturated rings. The fraction of sp³-hybridized carbons (Fsp3) is 0.857. The van der Waals surface area contributed by atoms with Crippen molar-refractivity contribution < 1.29 is 26.8 Å². The molecule has 0 aromatic heterocycles. The van der Waals surface area contributed by atoms with Crippen LogP contribution in [0.15, 0.2) is 0 Å². The quantitative estimate of drug-likeness (QED) is 0.539. The van der Waals surface area contributed by atoms with Crippen molar-refractivity contribution in [3.63, 3.8) is 0 Å². The number of hydrogen-bond acceptors (Lipinski definition) is 5. The number of halogens is 1. The van der Waals surface area contributed by atoms with E-state index in [1.54, 1.807) is 0 Å². The number of piperidine rings is 1. The van der Waals surface area contributed by atoms with Gasteiger partial charge in [0.05, 0.1) is 0 Å². The van der Waals surface area contributed by atoms with Gasteiger partial charge in [0.2, 0.25) is 6.01 Å². The second kappa shape index (κ2) is 5.26. The lowest BCUT2D eigenvalue weighted by atomic mass is 10.1. The van der Waals surface area contributed by atoms with Crippen LogP contribution in [0.1, 0.15) is 19.3 Å². The van der Waals surface area contributed by atoms with Gasteiger partial charge in [0, 0.05) is 13.1 Å². The molecule has 0 aromatic carbocycles. The first-order chi connectivity index (χ1) is 7.05. The highest BCUT2D eigenvalue weighted by molar-refractivity contribution is 7.86. The Labute approximate surface area is 87.0 Å². The van der Waals surface area contributed by atoms with Crippen molar-refractivity contribution in [3.8, 4) is 0 Å². The third kappa shape index (κ3) is 4.00. The summed E-state index contributed by atoms with van der Waals surface area (Å²) in [7, 11) is -4.39. The van der Waals surface area contributed by atoms with Crippen molar-refractivity contribution >= 4 is 16.2 Å². The Bertz CT molecular complexity index is 311. The van der Waals surface area contributed by atoms with Gasteiger partial charge in [-0.15, -0.1) is 0 Å². The lowest BCUT2D eigenvalue weighted by Crippen LogP contribution is -2.36. The Morgan fingerprint density at radius 2 is 1.87 bits per heavy atom. The topological polar surface area (TPSA) is 72.9 Å². The number of hydrogen-bond donors (Lipinski definition) is 0. The van der Waals surface area contributed by atoms with E-state index in [1.807, 2.05) is 0 Å². The maximum atomic E-state index is 11.7. The van der Waals surface area contributed by atoms with Crippen molar-refractivity contribution in [1.82, 2.24) is 4.90 Å². The second-order valence-electron chi connectivity index (χ2n) is 3.13. The number of nitrogens with zero attached hydrogens (tertiary/aromatic N) is 1. The molecular formula is C7H12FNO5S. The molecule has 0 aliphatic carbocycles. The number of carbonyl (C=O) groups excluding carboxylic acids is 1. The minimum atomic E-state index is -4.39. The van der Waals surface area contributed by atoms with Gasteiger partial charge < -0.3 is 4.90 Å². The van der Waals surface area contributed by atoms with Gasteiger partial charge in [0.25, 0.3) is 0 Å². The summed E-state index contributed by atoms with van der Waals surface area (Å²) in [6, 6.07) is -1.72. The zero-order valence-corrected chi connectivity index (χ0v) is 8.83. The van der Waals surface area contributed by atoms with E-state index in [4.69, 9.17) is 0 Å². The van der Waals surface area contributed by atoms with Gasteiger partial charge >= 0.3 is 16.2 Å². The molecular weight excluding hydrogens is 229 g/mol. The second-order valence-corrected chi connectivity index (χ2v) is 4.60. The minimum absolute atomic E-state index is 0.498. The van der Waals surface area contributed by atoms with E-state index in [-0.39, 0.29) is 0 Å². The molecule has 88 valence electrons. The van der Waals surface area contributed by atoms with Crippen molar-refractivity contribution in [1.29, 1.82) is 0 Å². The van der Waals surface area contributed by atoms with Gasteiger partial charge in [-0.25, -0.2) is 9.18 Å². The predicted octanol–water partition coefficient (Wildman–Crippen LogP) is 0.797. The van der Waals surface area contributed by atoms with Crippen LogP contribution >= 0.6 is 0 Å². The third-order valence-electron chi connectivity index (χ3n) is 1.96. The van der Waals surface area contributed by atoms with Crippen molar-refractivity contribution in [2.24, 2.45) is 0 Å². The SMILES string of the molecule is O=C(OOS(=O)(=O)CF)N1CCCCC1. The summed E-state index contributed by atoms with van der Waals surface area (Å²) >= 11 is 0. The van der Waals surface area contributed by atoms with Crippen molar-refractivity contribution in [3.05, 3.63) is 0 Å². The first-order valence-electron chi connectivity index (χ1n) is 4.49. The summed E-state index contributed by atoms with van der Waals surface area (Å²) in [4.78, 5) is 16.5. The zero-order chi connectivity index (χ0) is 11.3. The van der Waals surface area contributed by atoms with Crippen LogP contribution in [0.4, 0.5) is 9.18 Å². The number of carbonyl (C=O) groups is 1. The minimum Gasteiger partial charge on any atom is -0.306 e. The Hall–Kier alpha value is -0.890. The van der Waals surface area contributed by atoms with Crippen molar-refractivity contribution in [2.75, 3.05) is 19.1 Å². The van der Waals surface area contributed by atoms with Gasteiger partial charge in [0.15, 0.2) is 0 Å². The average Bonchev–Trinajstić information content (AvgIpc) is 2.27. The third-order valence-corrected chi connectivity index (χ3v) is 2.50. The standard InChI is InChI=1S/C7H12FNO5S/c8-6-15(11,12)14-13-7(10)9-4-2-1-3-5-9/h1-6H2. The fourth-order valence-electron chi connectivity index (χ4n) is 1.23. The van der Waals surface area contributed by atoms with Crippen LogP contribution in [0, 0.1) is 0 Å². The molecule has 0 N–H and O–H groups in total. The molecule has 15 heavy (non-hydrogen) atoms. The molecule has 0 atom stereocenters. The number of amides is 1. The Balaban J connectivity index is 2.35. The summed E-state index contributed by atoms with van der Waals surface area (Å²) < 4.78 is 36.4. The van der Waals surface area contributed by atoms with Crippen LogP contribution in [0.25, 0.3) is 0 Å². The summed E-state index contributed by atoms with van der Waals surface area (Å²) in [5, 5.41) is 0. The molecule has 6 nitrogen and oxygen atoms in total. The first kappa shape index (κ1) is 12.2. The van der Waals surface area contributed by atoms with Crippen LogP contribution in [0.5, 0.6) is 0 Å². The first-order valence-corrected chi connectivity index (χ1v) is 6.06. The van der Waals surface area contributed by atoms with Gasteiger partial charge in [0.1, 0.15) is 0 Å². The van der Waals surface area contributed by atoms with E-state index in [0.717, 1.165) is 19.3 Å². The largest absolute Gasteiger partial charge is 0.442 e. The summed E-state index contributed by atoms with van der Waals surface area (Å²) in [6.07, 6.45) is 1.80. The van der Waals surface area contributed by atoms with Crippen LogP contribution < -0.4 is 0 Å². The highest BCUT2D eigenvalue weighted by Gasteiger charge is 2.21. The van der Waals surface area contributed by atoms with Crippen molar-refractivity contribution in [2.45, 2.75) is 19.3 Å². The molecule has 0 aromatic rings. The molecule has 1 saturated heterocycles.